The van der Waals surface area contributed by atoms with E-state index in [-0.39, 0.29) is 11.2 Å². The smallest absolute Gasteiger partial charge is 0.237 e. The number of pyridine rings is 1. The van der Waals surface area contributed by atoms with Gasteiger partial charge in [-0.05, 0) is 31.7 Å². The van der Waals surface area contributed by atoms with Gasteiger partial charge < -0.3 is 35.8 Å². The molecule has 0 radical (unpaired) electrons. The first-order valence-corrected chi connectivity index (χ1v) is 12.0. The highest BCUT2D eigenvalue weighted by Crippen LogP contribution is 2.31. The predicted octanol–water partition coefficient (Wildman–Crippen LogP) is -1.06. The average Bonchev–Trinajstić information content (AvgIpc) is 3.20. The van der Waals surface area contributed by atoms with Crippen LogP contribution < -0.4 is 10.6 Å². The SMILES string of the molecule is CS[C@H]1O[C@H]([C@H](NC(=O)[C@@H]2C[C@H](Sc3ccncc3)CN2)C(C)O)[C@H](O)[C@H](O)[C@H]1O. The van der Waals surface area contributed by atoms with Gasteiger partial charge in [0.05, 0.1) is 18.2 Å². The maximum atomic E-state index is 12.8. The van der Waals surface area contributed by atoms with Gasteiger partial charge in [0, 0.05) is 29.1 Å². The largest absolute Gasteiger partial charge is 0.391 e. The summed E-state index contributed by atoms with van der Waals surface area (Å²) in [6.07, 6.45) is -0.493. The summed E-state index contributed by atoms with van der Waals surface area (Å²) in [6, 6.07) is 2.45. The number of amides is 1. The number of hydrogen-bond donors (Lipinski definition) is 6. The maximum absolute atomic E-state index is 12.8. The van der Waals surface area contributed by atoms with Crippen molar-refractivity contribution in [2.75, 3.05) is 12.8 Å². The minimum atomic E-state index is -1.45. The van der Waals surface area contributed by atoms with Gasteiger partial charge in [0.15, 0.2) is 0 Å². The van der Waals surface area contributed by atoms with Crippen molar-refractivity contribution in [1.82, 2.24) is 15.6 Å². The number of thioether (sulfide) groups is 2. The molecule has 3 heterocycles. The van der Waals surface area contributed by atoms with Crippen LogP contribution in [0.15, 0.2) is 29.4 Å². The zero-order chi connectivity index (χ0) is 21.8. The lowest BCUT2D eigenvalue weighted by Crippen LogP contribution is -2.65. The number of nitrogens with zero attached hydrogens (tertiary/aromatic N) is 1. The van der Waals surface area contributed by atoms with Crippen LogP contribution in [0.3, 0.4) is 0 Å². The fraction of sp³-hybridized carbons (Fsp3) is 0.684. The van der Waals surface area contributed by atoms with E-state index in [2.05, 4.69) is 15.6 Å². The third-order valence-corrected chi connectivity index (χ3v) is 7.47. The van der Waals surface area contributed by atoms with E-state index in [0.717, 1.165) is 4.90 Å². The van der Waals surface area contributed by atoms with Crippen molar-refractivity contribution in [2.45, 2.75) is 71.5 Å². The molecule has 2 aliphatic rings. The van der Waals surface area contributed by atoms with Gasteiger partial charge in [-0.3, -0.25) is 9.78 Å². The van der Waals surface area contributed by atoms with E-state index in [4.69, 9.17) is 4.74 Å². The molecule has 0 saturated carbocycles. The molecule has 30 heavy (non-hydrogen) atoms. The van der Waals surface area contributed by atoms with Crippen molar-refractivity contribution < 1.29 is 30.0 Å². The van der Waals surface area contributed by atoms with Crippen molar-refractivity contribution in [3.8, 4) is 0 Å². The average molecular weight is 460 g/mol. The predicted molar refractivity (Wildman–Crippen MR) is 114 cm³/mol. The zero-order valence-electron chi connectivity index (χ0n) is 16.8. The molecule has 9 nitrogen and oxygen atoms in total. The molecule has 9 atom stereocenters. The van der Waals surface area contributed by atoms with E-state index in [1.165, 1.54) is 18.7 Å². The minimum absolute atomic E-state index is 0.211. The van der Waals surface area contributed by atoms with Gasteiger partial charge in [-0.15, -0.1) is 23.5 Å². The van der Waals surface area contributed by atoms with Crippen molar-refractivity contribution in [3.05, 3.63) is 24.5 Å². The Bertz CT molecular complexity index is 698. The second-order valence-corrected chi connectivity index (χ2v) is 9.88. The van der Waals surface area contributed by atoms with Crippen molar-refractivity contribution in [1.29, 1.82) is 0 Å². The summed E-state index contributed by atoms with van der Waals surface area (Å²) in [6.45, 7) is 2.14. The Balaban J connectivity index is 1.61. The van der Waals surface area contributed by atoms with E-state index in [0.29, 0.717) is 13.0 Å². The highest BCUT2D eigenvalue weighted by Gasteiger charge is 2.48. The molecule has 11 heteroatoms. The van der Waals surface area contributed by atoms with Crippen LogP contribution in [-0.2, 0) is 9.53 Å². The molecule has 0 spiro atoms. The zero-order valence-corrected chi connectivity index (χ0v) is 18.4. The summed E-state index contributed by atoms with van der Waals surface area (Å²) in [4.78, 5) is 17.9. The van der Waals surface area contributed by atoms with Crippen LogP contribution in [0.2, 0.25) is 0 Å². The molecule has 2 saturated heterocycles. The lowest BCUT2D eigenvalue weighted by atomic mass is 9.92. The Hall–Kier alpha value is -0.920. The van der Waals surface area contributed by atoms with E-state index in [1.54, 1.807) is 30.4 Å². The van der Waals surface area contributed by atoms with Gasteiger partial charge in [-0.1, -0.05) is 0 Å². The van der Waals surface area contributed by atoms with Gasteiger partial charge in [0.2, 0.25) is 5.91 Å². The molecule has 1 aromatic rings. The highest BCUT2D eigenvalue weighted by atomic mass is 32.2. The molecule has 0 bridgehead atoms. The molecule has 2 fully saturated rings. The van der Waals surface area contributed by atoms with Gasteiger partial charge in [-0.25, -0.2) is 0 Å². The molecule has 3 rings (SSSR count). The summed E-state index contributed by atoms with van der Waals surface area (Å²) in [5, 5.41) is 47.0. The second-order valence-electron chi connectivity index (χ2n) is 7.57. The van der Waals surface area contributed by atoms with Crippen LogP contribution in [-0.4, -0.2) is 97.4 Å². The number of ether oxygens (including phenoxy) is 1. The Kier molecular flexibility index (Phi) is 8.39. The van der Waals surface area contributed by atoms with E-state index in [9.17, 15) is 25.2 Å². The monoisotopic (exact) mass is 459 g/mol. The maximum Gasteiger partial charge on any atom is 0.237 e. The molecular weight excluding hydrogens is 430 g/mol. The van der Waals surface area contributed by atoms with Crippen molar-refractivity contribution in [3.63, 3.8) is 0 Å². The molecule has 168 valence electrons. The number of aliphatic hydroxyl groups is 4. The number of rotatable bonds is 7. The number of aromatic nitrogens is 1. The Morgan fingerprint density at radius 2 is 1.97 bits per heavy atom. The first-order chi connectivity index (χ1) is 14.3. The van der Waals surface area contributed by atoms with Crippen LogP contribution in [0.25, 0.3) is 0 Å². The van der Waals surface area contributed by atoms with Crippen molar-refractivity contribution in [2.24, 2.45) is 0 Å². The van der Waals surface area contributed by atoms with Gasteiger partial charge in [0.25, 0.3) is 0 Å². The van der Waals surface area contributed by atoms with Crippen LogP contribution in [0, 0.1) is 0 Å². The first kappa shape index (κ1) is 23.7. The summed E-state index contributed by atoms with van der Waals surface area (Å²) in [5.74, 6) is -0.309. The second kappa shape index (κ2) is 10.6. The summed E-state index contributed by atoms with van der Waals surface area (Å²) >= 11 is 2.85. The third kappa shape index (κ3) is 5.46. The summed E-state index contributed by atoms with van der Waals surface area (Å²) in [7, 11) is 0. The summed E-state index contributed by atoms with van der Waals surface area (Å²) < 4.78 is 5.72. The quantitative estimate of drug-likeness (QED) is 0.298. The van der Waals surface area contributed by atoms with Crippen LogP contribution in [0.4, 0.5) is 0 Å². The van der Waals surface area contributed by atoms with Gasteiger partial charge in [0.1, 0.15) is 29.9 Å². The molecule has 1 unspecified atom stereocenters. The molecule has 1 aromatic heterocycles. The first-order valence-electron chi connectivity index (χ1n) is 9.82. The van der Waals surface area contributed by atoms with E-state index < -0.39 is 48.0 Å². The molecule has 1 amide bonds. The number of carbonyl (C=O) groups excluding carboxylic acids is 1. The summed E-state index contributed by atoms with van der Waals surface area (Å²) in [5.41, 5.74) is -0.780. The molecule has 0 aromatic carbocycles. The van der Waals surface area contributed by atoms with Gasteiger partial charge >= 0.3 is 0 Å². The fourth-order valence-corrected chi connectivity index (χ4v) is 5.52. The molecule has 2 aliphatic heterocycles. The number of nitrogens with one attached hydrogen (secondary N) is 2. The third-order valence-electron chi connectivity index (χ3n) is 5.38. The minimum Gasteiger partial charge on any atom is -0.391 e. The van der Waals surface area contributed by atoms with Crippen LogP contribution in [0.1, 0.15) is 13.3 Å². The van der Waals surface area contributed by atoms with Crippen molar-refractivity contribution >= 4 is 29.4 Å². The number of hydrogen-bond acceptors (Lipinski definition) is 10. The number of carbonyl (C=O) groups is 1. The normalized spacial score (nSPS) is 36.3. The van der Waals surface area contributed by atoms with E-state index >= 15 is 0 Å². The molecule has 6 N–H and O–H groups in total. The van der Waals surface area contributed by atoms with Gasteiger partial charge in [-0.2, -0.15) is 0 Å². The Labute approximate surface area is 184 Å². The topological polar surface area (TPSA) is 144 Å². The van der Waals surface area contributed by atoms with Crippen LogP contribution in [0.5, 0.6) is 0 Å². The standard InChI is InChI=1S/C19H29N3O6S2/c1-9(23)13(17-15(25)14(24)16(26)19(28-17)29-2)22-18(27)12-7-11(8-21-12)30-10-3-5-20-6-4-10/h3-6,9,11-17,19,21,23-26H,7-8H2,1-2H3,(H,22,27)/t9?,11-,12-,13+,14-,15+,16+,17+,19+/m0/s1. The lowest BCUT2D eigenvalue weighted by molar-refractivity contribution is -0.211. The molecular formula is C19H29N3O6S2. The highest BCUT2D eigenvalue weighted by molar-refractivity contribution is 8.00. The molecule has 0 aliphatic carbocycles. The Morgan fingerprint density at radius 3 is 2.60 bits per heavy atom. The lowest BCUT2D eigenvalue weighted by Gasteiger charge is -2.44. The van der Waals surface area contributed by atoms with Crippen LogP contribution >= 0.6 is 23.5 Å². The number of aliphatic hydroxyl groups excluding tert-OH is 4. The van der Waals surface area contributed by atoms with E-state index in [1.807, 2.05) is 12.1 Å². The fourth-order valence-electron chi connectivity index (χ4n) is 3.71. The Morgan fingerprint density at radius 1 is 1.27 bits per heavy atom.